The number of nitrogens with zero attached hydrogens (tertiary/aromatic N) is 3. The molecular weight excluding hydrogens is 218 g/mol. The first kappa shape index (κ1) is 11.9. The summed E-state index contributed by atoms with van der Waals surface area (Å²) in [6.07, 6.45) is 1.76. The van der Waals surface area contributed by atoms with Crippen molar-refractivity contribution < 1.29 is 9.53 Å². The van der Waals surface area contributed by atoms with Crippen LogP contribution < -0.4 is 9.80 Å². The predicted molar refractivity (Wildman–Crippen MR) is 66.4 cm³/mol. The molecule has 1 aromatic rings. The van der Waals surface area contributed by atoms with E-state index in [-0.39, 0.29) is 12.5 Å². The number of ether oxygens (including phenoxy) is 1. The molecule has 0 saturated heterocycles. The summed E-state index contributed by atoms with van der Waals surface area (Å²) in [5.41, 5.74) is 0.877. The first-order valence-corrected chi connectivity index (χ1v) is 5.77. The smallest absolute Gasteiger partial charge is 0.253 e. The van der Waals surface area contributed by atoms with Gasteiger partial charge in [0.1, 0.15) is 6.61 Å². The SMILES string of the molecule is CCN1CCN(C(=O)COC)c2cccnc21. The highest BCUT2D eigenvalue weighted by atomic mass is 16.5. The quantitative estimate of drug-likeness (QED) is 0.781. The van der Waals surface area contributed by atoms with E-state index in [1.807, 2.05) is 12.1 Å². The highest BCUT2D eigenvalue weighted by Crippen LogP contribution is 2.30. The maximum absolute atomic E-state index is 11.9. The van der Waals surface area contributed by atoms with Crippen LogP contribution >= 0.6 is 0 Å². The fraction of sp³-hybridized carbons (Fsp3) is 0.500. The third-order valence-corrected chi connectivity index (χ3v) is 2.90. The summed E-state index contributed by atoms with van der Waals surface area (Å²) in [4.78, 5) is 20.2. The van der Waals surface area contributed by atoms with E-state index in [1.165, 1.54) is 7.11 Å². The monoisotopic (exact) mass is 235 g/mol. The second kappa shape index (κ2) is 5.14. The van der Waals surface area contributed by atoms with Crippen LogP contribution in [0.2, 0.25) is 0 Å². The molecule has 5 nitrogen and oxygen atoms in total. The average molecular weight is 235 g/mol. The molecule has 2 rings (SSSR count). The lowest BCUT2D eigenvalue weighted by Gasteiger charge is -2.35. The van der Waals surface area contributed by atoms with Crippen molar-refractivity contribution in [2.75, 3.05) is 43.2 Å². The van der Waals surface area contributed by atoms with Crippen LogP contribution in [0.4, 0.5) is 11.5 Å². The molecule has 2 heterocycles. The third-order valence-electron chi connectivity index (χ3n) is 2.90. The van der Waals surface area contributed by atoms with E-state index in [4.69, 9.17) is 4.74 Å². The Balaban J connectivity index is 2.31. The van der Waals surface area contributed by atoms with Crippen LogP contribution in [0.25, 0.3) is 0 Å². The largest absolute Gasteiger partial charge is 0.375 e. The summed E-state index contributed by atoms with van der Waals surface area (Å²) in [5.74, 6) is 0.864. The summed E-state index contributed by atoms with van der Waals surface area (Å²) in [6, 6.07) is 3.78. The van der Waals surface area contributed by atoms with Crippen LogP contribution in [-0.2, 0) is 9.53 Å². The summed E-state index contributed by atoms with van der Waals surface area (Å²) in [7, 11) is 1.53. The molecule has 0 saturated carbocycles. The Morgan fingerprint density at radius 3 is 3.06 bits per heavy atom. The van der Waals surface area contributed by atoms with E-state index >= 15 is 0 Å². The van der Waals surface area contributed by atoms with Crippen molar-refractivity contribution in [3.05, 3.63) is 18.3 Å². The molecule has 0 bridgehead atoms. The van der Waals surface area contributed by atoms with Crippen molar-refractivity contribution in [3.63, 3.8) is 0 Å². The van der Waals surface area contributed by atoms with E-state index in [9.17, 15) is 4.79 Å². The molecular formula is C12H17N3O2. The second-order valence-corrected chi connectivity index (χ2v) is 3.90. The highest BCUT2D eigenvalue weighted by Gasteiger charge is 2.26. The van der Waals surface area contributed by atoms with Gasteiger partial charge in [-0.25, -0.2) is 4.98 Å². The summed E-state index contributed by atoms with van der Waals surface area (Å²) >= 11 is 0. The summed E-state index contributed by atoms with van der Waals surface area (Å²) < 4.78 is 4.90. The van der Waals surface area contributed by atoms with Gasteiger partial charge in [-0.1, -0.05) is 0 Å². The van der Waals surface area contributed by atoms with Crippen LogP contribution in [0.1, 0.15) is 6.92 Å². The van der Waals surface area contributed by atoms with E-state index < -0.39 is 0 Å². The second-order valence-electron chi connectivity index (χ2n) is 3.90. The molecule has 1 aliphatic rings. The number of carbonyl (C=O) groups excluding carboxylic acids is 1. The van der Waals surface area contributed by atoms with E-state index in [0.717, 1.165) is 24.6 Å². The van der Waals surface area contributed by atoms with Gasteiger partial charge in [-0.05, 0) is 19.1 Å². The number of fused-ring (bicyclic) bond motifs is 1. The summed E-state index contributed by atoms with van der Waals surface area (Å²) in [5, 5.41) is 0. The number of anilines is 2. The Kier molecular flexibility index (Phi) is 3.58. The molecule has 0 N–H and O–H groups in total. The molecule has 17 heavy (non-hydrogen) atoms. The Hall–Kier alpha value is -1.62. The van der Waals surface area contributed by atoms with Gasteiger partial charge < -0.3 is 14.5 Å². The van der Waals surface area contributed by atoms with Crippen molar-refractivity contribution in [1.82, 2.24) is 4.98 Å². The number of rotatable bonds is 3. The molecule has 1 aliphatic heterocycles. The maximum Gasteiger partial charge on any atom is 0.253 e. The fourth-order valence-electron chi connectivity index (χ4n) is 2.06. The van der Waals surface area contributed by atoms with Gasteiger partial charge >= 0.3 is 0 Å². The summed E-state index contributed by atoms with van der Waals surface area (Å²) in [6.45, 7) is 4.60. The molecule has 92 valence electrons. The lowest BCUT2D eigenvalue weighted by molar-refractivity contribution is -0.122. The fourth-order valence-corrected chi connectivity index (χ4v) is 2.06. The van der Waals surface area contributed by atoms with Crippen molar-refractivity contribution in [2.24, 2.45) is 0 Å². The van der Waals surface area contributed by atoms with Gasteiger partial charge in [0, 0.05) is 32.9 Å². The van der Waals surface area contributed by atoms with Crippen LogP contribution in [0.3, 0.4) is 0 Å². The third kappa shape index (κ3) is 2.24. The topological polar surface area (TPSA) is 45.7 Å². The number of aromatic nitrogens is 1. The van der Waals surface area contributed by atoms with Crippen molar-refractivity contribution in [2.45, 2.75) is 6.92 Å². The Labute approximate surface area is 101 Å². The number of carbonyl (C=O) groups is 1. The minimum Gasteiger partial charge on any atom is -0.375 e. The van der Waals surface area contributed by atoms with Crippen molar-refractivity contribution in [3.8, 4) is 0 Å². The normalized spacial score (nSPS) is 14.7. The van der Waals surface area contributed by atoms with Crippen LogP contribution in [0, 0.1) is 0 Å². The van der Waals surface area contributed by atoms with Gasteiger partial charge in [-0.3, -0.25) is 4.79 Å². The Morgan fingerprint density at radius 1 is 1.53 bits per heavy atom. The standard InChI is InChI=1S/C12H17N3O2/c1-3-14-7-8-15(11(16)9-17-2)10-5-4-6-13-12(10)14/h4-6H,3,7-9H2,1-2H3. The molecule has 1 aromatic heterocycles. The van der Waals surface area contributed by atoms with Gasteiger partial charge in [0.05, 0.1) is 5.69 Å². The Morgan fingerprint density at radius 2 is 2.35 bits per heavy atom. The van der Waals surface area contributed by atoms with Crippen LogP contribution in [-0.4, -0.2) is 44.2 Å². The minimum absolute atomic E-state index is 0.0162. The van der Waals surface area contributed by atoms with Crippen LogP contribution in [0.15, 0.2) is 18.3 Å². The molecule has 1 amide bonds. The zero-order valence-electron chi connectivity index (χ0n) is 10.2. The number of likely N-dealkylation sites (N-methyl/N-ethyl adjacent to an activating group) is 1. The average Bonchev–Trinajstić information content (AvgIpc) is 2.37. The minimum atomic E-state index is -0.0162. The van der Waals surface area contributed by atoms with Crippen LogP contribution in [0.5, 0.6) is 0 Å². The molecule has 0 spiro atoms. The van der Waals surface area contributed by atoms with Gasteiger partial charge in [-0.15, -0.1) is 0 Å². The molecule has 0 radical (unpaired) electrons. The number of pyridine rings is 1. The Bertz CT molecular complexity index is 408. The van der Waals surface area contributed by atoms with Gasteiger partial charge in [0.2, 0.25) is 0 Å². The molecule has 0 aromatic carbocycles. The van der Waals surface area contributed by atoms with Gasteiger partial charge in [0.25, 0.3) is 5.91 Å². The molecule has 0 unspecified atom stereocenters. The van der Waals surface area contributed by atoms with Crippen molar-refractivity contribution in [1.29, 1.82) is 0 Å². The molecule has 0 aliphatic carbocycles. The van der Waals surface area contributed by atoms with Crippen molar-refractivity contribution >= 4 is 17.4 Å². The lowest BCUT2D eigenvalue weighted by atomic mass is 10.2. The van der Waals surface area contributed by atoms with Gasteiger partial charge in [-0.2, -0.15) is 0 Å². The zero-order chi connectivity index (χ0) is 12.3. The van der Waals surface area contributed by atoms with E-state index in [1.54, 1.807) is 11.1 Å². The predicted octanol–water partition coefficient (Wildman–Crippen LogP) is 0.901. The van der Waals surface area contributed by atoms with E-state index in [0.29, 0.717) is 6.54 Å². The molecule has 0 fully saturated rings. The molecule has 0 atom stereocenters. The lowest BCUT2D eigenvalue weighted by Crippen LogP contribution is -2.45. The number of amides is 1. The molecule has 5 heteroatoms. The first-order chi connectivity index (χ1) is 8.27. The van der Waals surface area contributed by atoms with Gasteiger partial charge in [0.15, 0.2) is 5.82 Å². The maximum atomic E-state index is 11.9. The number of methoxy groups -OCH3 is 1. The highest BCUT2D eigenvalue weighted by molar-refractivity contribution is 5.97. The zero-order valence-corrected chi connectivity index (χ0v) is 10.2. The van der Waals surface area contributed by atoms with E-state index in [2.05, 4.69) is 16.8 Å². The number of hydrogen-bond acceptors (Lipinski definition) is 4. The first-order valence-electron chi connectivity index (χ1n) is 5.77. The number of hydrogen-bond donors (Lipinski definition) is 0.